The molecule has 0 amide bonds. The summed E-state index contributed by atoms with van der Waals surface area (Å²) in [6.45, 7) is 2.26. The number of benzene rings is 6. The minimum Gasteiger partial charge on any atom is -0.278 e. The molecule has 9 aromatic rings. The second-order valence-corrected chi connectivity index (χ2v) is 13.2. The lowest BCUT2D eigenvalue weighted by Gasteiger charge is -2.13. The molecule has 0 radical (unpaired) electrons. The Morgan fingerprint density at radius 1 is 0.628 bits per heavy atom. The highest BCUT2D eigenvalue weighted by atomic mass is 32.1. The minimum absolute atomic E-state index is 0.289. The van der Waals surface area contributed by atoms with Gasteiger partial charge in [0.15, 0.2) is 11.6 Å². The van der Waals surface area contributed by atoms with Crippen molar-refractivity contribution in [3.8, 4) is 28.7 Å². The number of thiophene rings is 1. The van der Waals surface area contributed by atoms with Gasteiger partial charge in [-0.25, -0.2) is 4.98 Å². The highest BCUT2D eigenvalue weighted by molar-refractivity contribution is 7.26. The fraction of sp³-hybridized carbons (Fsp3) is 0.0541. The van der Waals surface area contributed by atoms with E-state index in [0.717, 1.165) is 22.2 Å². The molecule has 43 heavy (non-hydrogen) atoms. The molecule has 0 aliphatic heterocycles. The average Bonchev–Trinajstić information content (AvgIpc) is 3.60. The van der Waals surface area contributed by atoms with Gasteiger partial charge in [0.25, 0.3) is 0 Å². The second-order valence-electron chi connectivity index (χ2n) is 11.1. The van der Waals surface area contributed by atoms with Crippen LogP contribution < -0.4 is 0 Å². The second kappa shape index (κ2) is 9.40. The van der Waals surface area contributed by atoms with Gasteiger partial charge >= 0.3 is 0 Å². The maximum Gasteiger partial charge on any atom is 0.238 e. The summed E-state index contributed by atoms with van der Waals surface area (Å²) in [4.78, 5) is 15.3. The van der Waals surface area contributed by atoms with E-state index in [1.807, 2.05) is 47.7 Å². The van der Waals surface area contributed by atoms with E-state index in [-0.39, 0.29) is 5.66 Å². The first-order valence-corrected chi connectivity index (χ1v) is 15.9. The van der Waals surface area contributed by atoms with Crippen LogP contribution in [-0.2, 0) is 0 Å². The first-order valence-electron chi connectivity index (χ1n) is 14.4. The van der Waals surface area contributed by atoms with Gasteiger partial charge in [0.1, 0.15) is 0 Å². The van der Waals surface area contributed by atoms with Gasteiger partial charge in [0, 0.05) is 47.5 Å². The van der Waals surface area contributed by atoms with Crippen molar-refractivity contribution in [1.82, 2.24) is 19.5 Å². The molecule has 6 heteroatoms. The normalized spacial score (nSPS) is 12.8. The first kappa shape index (κ1) is 24.9. The van der Waals surface area contributed by atoms with Gasteiger partial charge in [0.05, 0.1) is 11.0 Å². The summed E-state index contributed by atoms with van der Waals surface area (Å²) in [5.74, 6) is 1.94. The summed E-state index contributed by atoms with van der Waals surface area (Å²) in [5, 5.41) is 7.65. The summed E-state index contributed by atoms with van der Waals surface area (Å²) in [7, 11) is 3.03. The van der Waals surface area contributed by atoms with Crippen molar-refractivity contribution >= 4 is 73.3 Å². The standard InChI is InChI=1S/C37H25N4PS/c1-21(42)26-19-24-15-10-17-28-31(24)33-29(20-27-25-16-8-9-18-30(25)43-34(27)32(26)33)41(28)37-39-35(22-11-4-2-5-12-22)38-36(40-37)23-13-6-3-7-14-23/h2-21H,42H2,1H3. The minimum atomic E-state index is 0.289. The Kier molecular flexibility index (Phi) is 5.44. The predicted molar refractivity (Wildman–Crippen MR) is 185 cm³/mol. The largest absolute Gasteiger partial charge is 0.278 e. The summed E-state index contributed by atoms with van der Waals surface area (Å²) in [5.41, 5.74) is 5.78. The number of nitrogens with zero attached hydrogens (tertiary/aromatic N) is 4. The van der Waals surface area contributed by atoms with Crippen molar-refractivity contribution in [2.75, 3.05) is 0 Å². The van der Waals surface area contributed by atoms with E-state index in [9.17, 15) is 0 Å². The van der Waals surface area contributed by atoms with Crippen molar-refractivity contribution in [2.24, 2.45) is 0 Å². The van der Waals surface area contributed by atoms with Crippen LogP contribution >= 0.6 is 20.6 Å². The molecule has 3 heterocycles. The van der Waals surface area contributed by atoms with Crippen molar-refractivity contribution in [2.45, 2.75) is 12.6 Å². The number of rotatable bonds is 4. The fourth-order valence-corrected chi connectivity index (χ4v) is 8.05. The van der Waals surface area contributed by atoms with Crippen LogP contribution in [0.2, 0.25) is 0 Å². The average molecular weight is 589 g/mol. The third kappa shape index (κ3) is 3.69. The van der Waals surface area contributed by atoms with Crippen LogP contribution in [0.4, 0.5) is 0 Å². The Labute approximate surface area is 254 Å². The molecule has 4 nitrogen and oxygen atoms in total. The zero-order valence-corrected chi connectivity index (χ0v) is 25.3. The van der Waals surface area contributed by atoms with Crippen molar-refractivity contribution in [3.05, 3.63) is 121 Å². The van der Waals surface area contributed by atoms with Gasteiger partial charge in [-0.2, -0.15) is 9.97 Å². The van der Waals surface area contributed by atoms with Crippen LogP contribution in [0, 0.1) is 0 Å². The smallest absolute Gasteiger partial charge is 0.238 e. The lowest BCUT2D eigenvalue weighted by molar-refractivity contribution is 0.954. The molecule has 0 aliphatic carbocycles. The molecule has 3 aromatic heterocycles. The zero-order valence-electron chi connectivity index (χ0n) is 23.3. The van der Waals surface area contributed by atoms with E-state index in [1.165, 1.54) is 47.3 Å². The van der Waals surface area contributed by atoms with Crippen LogP contribution in [0.3, 0.4) is 0 Å². The monoisotopic (exact) mass is 588 g/mol. The molecule has 0 N–H and O–H groups in total. The molecular formula is C37H25N4PS. The van der Waals surface area contributed by atoms with Crippen LogP contribution in [0.25, 0.3) is 81.5 Å². The summed E-state index contributed by atoms with van der Waals surface area (Å²) in [6.07, 6.45) is 0. The van der Waals surface area contributed by atoms with Crippen LogP contribution in [0.1, 0.15) is 18.1 Å². The molecule has 9 rings (SSSR count). The van der Waals surface area contributed by atoms with Crippen LogP contribution in [-0.4, -0.2) is 19.5 Å². The molecule has 2 unspecified atom stereocenters. The zero-order chi connectivity index (χ0) is 28.7. The quantitative estimate of drug-likeness (QED) is 0.152. The molecule has 2 atom stereocenters. The molecule has 0 aliphatic rings. The lowest BCUT2D eigenvalue weighted by atomic mass is 9.94. The number of hydrogen-bond acceptors (Lipinski definition) is 4. The van der Waals surface area contributed by atoms with E-state index in [2.05, 4.69) is 99.6 Å². The van der Waals surface area contributed by atoms with E-state index in [0.29, 0.717) is 17.6 Å². The van der Waals surface area contributed by atoms with Gasteiger partial charge in [-0.15, -0.1) is 20.6 Å². The lowest BCUT2D eigenvalue weighted by Crippen LogP contribution is -2.06. The van der Waals surface area contributed by atoms with E-state index < -0.39 is 0 Å². The summed E-state index contributed by atoms with van der Waals surface area (Å²) in [6, 6.07) is 40.4. The van der Waals surface area contributed by atoms with Crippen molar-refractivity contribution in [1.29, 1.82) is 0 Å². The van der Waals surface area contributed by atoms with Gasteiger partial charge in [0.2, 0.25) is 5.95 Å². The van der Waals surface area contributed by atoms with Crippen LogP contribution in [0.5, 0.6) is 0 Å². The Morgan fingerprint density at radius 2 is 1.30 bits per heavy atom. The number of aromatic nitrogens is 4. The third-order valence-corrected chi connectivity index (χ3v) is 10.00. The number of fused-ring (bicyclic) bond motifs is 4. The Hall–Kier alpha value is -4.70. The van der Waals surface area contributed by atoms with E-state index in [4.69, 9.17) is 15.0 Å². The Balaban J connectivity index is 1.48. The maximum atomic E-state index is 5.16. The molecule has 6 aromatic carbocycles. The molecule has 0 bridgehead atoms. The highest BCUT2D eigenvalue weighted by Gasteiger charge is 2.25. The summed E-state index contributed by atoms with van der Waals surface area (Å²) < 4.78 is 4.90. The summed E-state index contributed by atoms with van der Waals surface area (Å²) >= 11 is 1.89. The van der Waals surface area contributed by atoms with Crippen molar-refractivity contribution < 1.29 is 0 Å². The first-order chi connectivity index (χ1) is 21.2. The van der Waals surface area contributed by atoms with Gasteiger partial charge in [-0.3, -0.25) is 4.57 Å². The third-order valence-electron chi connectivity index (χ3n) is 8.43. The SMILES string of the molecule is CC(P)c1cc2cccc3c2c2c1c1sc4ccccc4c1cc2n3-c1nc(-c2ccccc2)nc(-c2ccccc2)n1. The van der Waals surface area contributed by atoms with Gasteiger partial charge in [-0.1, -0.05) is 97.9 Å². The maximum absolute atomic E-state index is 5.16. The Morgan fingerprint density at radius 3 is 2.00 bits per heavy atom. The molecular weight excluding hydrogens is 563 g/mol. The highest BCUT2D eigenvalue weighted by Crippen LogP contribution is 2.49. The van der Waals surface area contributed by atoms with Gasteiger partial charge in [-0.05, 0) is 40.9 Å². The van der Waals surface area contributed by atoms with Gasteiger partial charge < -0.3 is 0 Å². The topological polar surface area (TPSA) is 43.6 Å². The van der Waals surface area contributed by atoms with Crippen LogP contribution in [0.15, 0.2) is 115 Å². The van der Waals surface area contributed by atoms with E-state index >= 15 is 0 Å². The molecule has 0 fully saturated rings. The Bertz CT molecular complexity index is 2420. The predicted octanol–water partition coefficient (Wildman–Crippen LogP) is 10.2. The van der Waals surface area contributed by atoms with E-state index in [1.54, 1.807) is 0 Å². The molecule has 204 valence electrons. The molecule has 0 saturated heterocycles. The number of hydrogen-bond donors (Lipinski definition) is 0. The molecule has 0 saturated carbocycles. The molecule has 0 spiro atoms. The fourth-order valence-electron chi connectivity index (χ4n) is 6.53. The van der Waals surface area contributed by atoms with Crippen molar-refractivity contribution in [3.63, 3.8) is 0 Å².